The number of imidazole rings is 1. The van der Waals surface area contributed by atoms with Crippen molar-refractivity contribution >= 4 is 11.3 Å². The maximum absolute atomic E-state index is 4.44. The smallest absolute Gasteiger partial charge is 0.149 e. The molecule has 1 aromatic carbocycles. The first-order chi connectivity index (χ1) is 8.93. The van der Waals surface area contributed by atoms with E-state index in [-0.39, 0.29) is 0 Å². The number of benzene rings is 1. The molecule has 2 nitrogen and oxygen atoms in total. The van der Waals surface area contributed by atoms with E-state index in [0.717, 1.165) is 18.8 Å². The summed E-state index contributed by atoms with van der Waals surface area (Å²) < 4.78 is 2.22. The van der Waals surface area contributed by atoms with Crippen LogP contribution in [-0.4, -0.2) is 9.55 Å². The fourth-order valence-corrected chi connectivity index (χ4v) is 2.75. The number of thiophene rings is 1. The second kappa shape index (κ2) is 5.19. The van der Waals surface area contributed by atoms with Gasteiger partial charge in [0.1, 0.15) is 5.82 Å². The van der Waals surface area contributed by atoms with Crippen molar-refractivity contribution in [3.8, 4) is 10.7 Å². The van der Waals surface area contributed by atoms with Gasteiger partial charge in [0, 0.05) is 18.9 Å². The van der Waals surface area contributed by atoms with E-state index in [9.17, 15) is 0 Å². The van der Waals surface area contributed by atoms with Gasteiger partial charge >= 0.3 is 0 Å². The summed E-state index contributed by atoms with van der Waals surface area (Å²) in [5, 5.41) is 2.09. The number of aromatic nitrogens is 2. The topological polar surface area (TPSA) is 17.8 Å². The van der Waals surface area contributed by atoms with E-state index in [1.807, 2.05) is 6.20 Å². The Hall–Kier alpha value is -1.87. The largest absolute Gasteiger partial charge is 0.330 e. The number of nitrogens with zero attached hydrogens (tertiary/aromatic N) is 2. The van der Waals surface area contributed by atoms with Crippen molar-refractivity contribution in [2.75, 3.05) is 0 Å². The van der Waals surface area contributed by atoms with Crippen LogP contribution in [0.1, 0.15) is 5.56 Å². The second-order valence-corrected chi connectivity index (χ2v) is 5.10. The molecule has 0 radical (unpaired) electrons. The zero-order valence-corrected chi connectivity index (χ0v) is 10.8. The number of hydrogen-bond acceptors (Lipinski definition) is 2. The molecule has 18 heavy (non-hydrogen) atoms. The molecule has 2 heterocycles. The van der Waals surface area contributed by atoms with Gasteiger partial charge in [0.15, 0.2) is 0 Å². The van der Waals surface area contributed by atoms with Gasteiger partial charge in [0.25, 0.3) is 0 Å². The van der Waals surface area contributed by atoms with E-state index in [1.165, 1.54) is 10.4 Å². The molecule has 3 rings (SSSR count). The molecule has 0 saturated heterocycles. The van der Waals surface area contributed by atoms with E-state index >= 15 is 0 Å². The van der Waals surface area contributed by atoms with Crippen LogP contribution in [0.2, 0.25) is 0 Å². The molecule has 0 atom stereocenters. The summed E-state index contributed by atoms with van der Waals surface area (Å²) in [6.45, 7) is 0.969. The Morgan fingerprint density at radius 1 is 1.06 bits per heavy atom. The monoisotopic (exact) mass is 254 g/mol. The molecule has 0 bridgehead atoms. The molecular formula is C15H14N2S. The van der Waals surface area contributed by atoms with Gasteiger partial charge in [0.2, 0.25) is 0 Å². The maximum Gasteiger partial charge on any atom is 0.149 e. The van der Waals surface area contributed by atoms with Crippen LogP contribution in [0.15, 0.2) is 60.2 Å². The summed E-state index contributed by atoms with van der Waals surface area (Å²) in [6, 6.07) is 14.7. The first-order valence-electron chi connectivity index (χ1n) is 6.02. The first kappa shape index (κ1) is 11.2. The van der Waals surface area contributed by atoms with E-state index < -0.39 is 0 Å². The van der Waals surface area contributed by atoms with Crippen molar-refractivity contribution in [1.29, 1.82) is 0 Å². The van der Waals surface area contributed by atoms with E-state index in [1.54, 1.807) is 11.3 Å². The quantitative estimate of drug-likeness (QED) is 0.691. The van der Waals surface area contributed by atoms with Crippen LogP contribution in [-0.2, 0) is 13.0 Å². The summed E-state index contributed by atoms with van der Waals surface area (Å²) in [5.41, 5.74) is 1.36. The van der Waals surface area contributed by atoms with Crippen LogP contribution < -0.4 is 0 Å². The van der Waals surface area contributed by atoms with Crippen molar-refractivity contribution in [3.63, 3.8) is 0 Å². The predicted molar refractivity (Wildman–Crippen MR) is 75.7 cm³/mol. The van der Waals surface area contributed by atoms with Crippen molar-refractivity contribution < 1.29 is 0 Å². The third-order valence-electron chi connectivity index (χ3n) is 2.94. The van der Waals surface area contributed by atoms with Gasteiger partial charge in [-0.25, -0.2) is 4.98 Å². The SMILES string of the molecule is c1ccc(CCn2ccnc2-c2cccs2)cc1. The first-order valence-corrected chi connectivity index (χ1v) is 6.90. The lowest BCUT2D eigenvalue weighted by atomic mass is 10.1. The summed E-state index contributed by atoms with van der Waals surface area (Å²) >= 11 is 1.73. The minimum absolute atomic E-state index is 0.969. The lowest BCUT2D eigenvalue weighted by Gasteiger charge is -2.06. The molecule has 0 spiro atoms. The molecule has 90 valence electrons. The lowest BCUT2D eigenvalue weighted by molar-refractivity contribution is 0.704. The Morgan fingerprint density at radius 3 is 2.72 bits per heavy atom. The highest BCUT2D eigenvalue weighted by Gasteiger charge is 2.06. The fourth-order valence-electron chi connectivity index (χ4n) is 2.01. The highest BCUT2D eigenvalue weighted by molar-refractivity contribution is 7.13. The molecule has 0 N–H and O–H groups in total. The minimum Gasteiger partial charge on any atom is -0.330 e. The van der Waals surface area contributed by atoms with Gasteiger partial charge in [-0.1, -0.05) is 36.4 Å². The van der Waals surface area contributed by atoms with Gasteiger partial charge in [-0.3, -0.25) is 0 Å². The third-order valence-corrected chi connectivity index (χ3v) is 3.81. The summed E-state index contributed by atoms with van der Waals surface area (Å²) in [7, 11) is 0. The zero-order chi connectivity index (χ0) is 12.2. The fraction of sp³-hybridized carbons (Fsp3) is 0.133. The Labute approximate surface area is 111 Å². The molecule has 0 aliphatic heterocycles. The van der Waals surface area contributed by atoms with Gasteiger partial charge in [-0.05, 0) is 23.4 Å². The van der Waals surface area contributed by atoms with Crippen molar-refractivity contribution in [2.24, 2.45) is 0 Å². The number of aryl methyl sites for hydroxylation is 2. The molecule has 0 unspecified atom stereocenters. The van der Waals surface area contributed by atoms with Crippen molar-refractivity contribution in [2.45, 2.75) is 13.0 Å². The Balaban J connectivity index is 1.76. The van der Waals surface area contributed by atoms with E-state index in [2.05, 4.69) is 63.6 Å². The molecular weight excluding hydrogens is 240 g/mol. The average molecular weight is 254 g/mol. The van der Waals surface area contributed by atoms with Crippen LogP contribution in [0.3, 0.4) is 0 Å². The Bertz CT molecular complexity index is 596. The normalized spacial score (nSPS) is 10.7. The Morgan fingerprint density at radius 2 is 1.94 bits per heavy atom. The number of rotatable bonds is 4. The molecule has 3 aromatic rings. The summed E-state index contributed by atoms with van der Waals surface area (Å²) in [5.74, 6) is 1.07. The van der Waals surface area contributed by atoms with Gasteiger partial charge in [-0.2, -0.15) is 0 Å². The standard InChI is InChI=1S/C15H14N2S/c1-2-5-13(6-3-1)8-10-17-11-9-16-15(17)14-7-4-12-18-14/h1-7,9,11-12H,8,10H2. The molecule has 3 heteroatoms. The molecule has 0 saturated carbocycles. The minimum atomic E-state index is 0.969. The van der Waals surface area contributed by atoms with E-state index in [0.29, 0.717) is 0 Å². The van der Waals surface area contributed by atoms with Gasteiger partial charge < -0.3 is 4.57 Å². The molecule has 2 aromatic heterocycles. The lowest BCUT2D eigenvalue weighted by Crippen LogP contribution is -2.01. The average Bonchev–Trinajstić information content (AvgIpc) is 3.08. The summed E-state index contributed by atoms with van der Waals surface area (Å²) in [4.78, 5) is 5.67. The highest BCUT2D eigenvalue weighted by atomic mass is 32.1. The molecule has 0 aliphatic rings. The van der Waals surface area contributed by atoms with Crippen LogP contribution in [0.4, 0.5) is 0 Å². The van der Waals surface area contributed by atoms with Crippen molar-refractivity contribution in [1.82, 2.24) is 9.55 Å². The molecule has 0 aliphatic carbocycles. The van der Waals surface area contributed by atoms with Crippen LogP contribution in [0.25, 0.3) is 10.7 Å². The van der Waals surface area contributed by atoms with Crippen LogP contribution in [0.5, 0.6) is 0 Å². The Kier molecular flexibility index (Phi) is 3.24. The van der Waals surface area contributed by atoms with Crippen LogP contribution >= 0.6 is 11.3 Å². The van der Waals surface area contributed by atoms with Crippen LogP contribution in [0, 0.1) is 0 Å². The molecule has 0 amide bonds. The van der Waals surface area contributed by atoms with E-state index in [4.69, 9.17) is 0 Å². The predicted octanol–water partition coefficient (Wildman–Crippen LogP) is 3.85. The molecule has 0 fully saturated rings. The summed E-state index contributed by atoms with van der Waals surface area (Å²) in [6.07, 6.45) is 4.97. The van der Waals surface area contributed by atoms with Gasteiger partial charge in [-0.15, -0.1) is 11.3 Å². The maximum atomic E-state index is 4.44. The van der Waals surface area contributed by atoms with Gasteiger partial charge in [0.05, 0.1) is 4.88 Å². The second-order valence-electron chi connectivity index (χ2n) is 4.16. The highest BCUT2D eigenvalue weighted by Crippen LogP contribution is 2.23. The zero-order valence-electron chi connectivity index (χ0n) is 9.99. The van der Waals surface area contributed by atoms with Crippen molar-refractivity contribution in [3.05, 3.63) is 65.8 Å². The number of hydrogen-bond donors (Lipinski definition) is 0. The third kappa shape index (κ3) is 2.36.